The van der Waals surface area contributed by atoms with Crippen molar-refractivity contribution < 1.29 is 9.15 Å². The summed E-state index contributed by atoms with van der Waals surface area (Å²) in [6, 6.07) is 9.33. The summed E-state index contributed by atoms with van der Waals surface area (Å²) in [5, 5.41) is 4.69. The van der Waals surface area contributed by atoms with E-state index >= 15 is 0 Å². The van der Waals surface area contributed by atoms with Crippen LogP contribution < -0.4 is 5.32 Å². The van der Waals surface area contributed by atoms with E-state index in [0.29, 0.717) is 16.7 Å². The molecule has 0 fully saturated rings. The maximum Gasteiger partial charge on any atom is 0.129 e. The Morgan fingerprint density at radius 3 is 2.52 bits per heavy atom. The van der Waals surface area contributed by atoms with Crippen LogP contribution in [0.4, 0.5) is 0 Å². The van der Waals surface area contributed by atoms with Gasteiger partial charge in [0.15, 0.2) is 0 Å². The van der Waals surface area contributed by atoms with E-state index in [1.54, 1.807) is 13.2 Å². The Hall–Kier alpha value is -1.00. The summed E-state index contributed by atoms with van der Waals surface area (Å²) in [5.74, 6) is 1.62. The lowest BCUT2D eigenvalue weighted by Gasteiger charge is -2.17. The SMILES string of the molecule is CCCNC(c1cc(Cl)cc(Cl)c1)c1ccc(COC)o1. The molecule has 0 spiro atoms. The molecule has 0 amide bonds. The largest absolute Gasteiger partial charge is 0.462 e. The number of hydrogen-bond acceptors (Lipinski definition) is 3. The molecule has 1 heterocycles. The summed E-state index contributed by atoms with van der Waals surface area (Å²) < 4.78 is 10.9. The van der Waals surface area contributed by atoms with Crippen molar-refractivity contribution >= 4 is 23.2 Å². The van der Waals surface area contributed by atoms with Crippen LogP contribution in [-0.2, 0) is 11.3 Å². The molecular weight excluding hydrogens is 309 g/mol. The number of methoxy groups -OCH3 is 1. The smallest absolute Gasteiger partial charge is 0.129 e. The van der Waals surface area contributed by atoms with E-state index in [0.717, 1.165) is 30.0 Å². The Balaban J connectivity index is 2.31. The second kappa shape index (κ2) is 7.85. The predicted molar refractivity (Wildman–Crippen MR) is 86.0 cm³/mol. The topological polar surface area (TPSA) is 34.4 Å². The Morgan fingerprint density at radius 1 is 1.19 bits per heavy atom. The number of benzene rings is 1. The Morgan fingerprint density at radius 2 is 1.90 bits per heavy atom. The molecule has 0 aliphatic heterocycles. The maximum atomic E-state index is 6.11. The maximum absolute atomic E-state index is 6.11. The van der Waals surface area contributed by atoms with E-state index in [2.05, 4.69) is 12.2 Å². The summed E-state index contributed by atoms with van der Waals surface area (Å²) in [6.45, 7) is 3.44. The van der Waals surface area contributed by atoms with Crippen molar-refractivity contribution in [3.05, 3.63) is 57.5 Å². The van der Waals surface area contributed by atoms with E-state index in [-0.39, 0.29) is 6.04 Å². The van der Waals surface area contributed by atoms with Crippen LogP contribution in [0.15, 0.2) is 34.7 Å². The fraction of sp³-hybridized carbons (Fsp3) is 0.375. The molecule has 0 aliphatic rings. The average molecular weight is 328 g/mol. The molecule has 2 aromatic rings. The number of furan rings is 1. The molecule has 0 aliphatic carbocycles. The van der Waals surface area contributed by atoms with Crippen LogP contribution in [0, 0.1) is 0 Å². The first-order valence-corrected chi connectivity index (χ1v) is 7.66. The van der Waals surface area contributed by atoms with Crippen LogP contribution in [0.5, 0.6) is 0 Å². The second-order valence-electron chi connectivity index (χ2n) is 4.83. The third kappa shape index (κ3) is 4.48. The van der Waals surface area contributed by atoms with Crippen LogP contribution >= 0.6 is 23.2 Å². The van der Waals surface area contributed by atoms with Crippen molar-refractivity contribution in [1.82, 2.24) is 5.32 Å². The van der Waals surface area contributed by atoms with Gasteiger partial charge >= 0.3 is 0 Å². The number of ether oxygens (including phenoxy) is 1. The molecular formula is C16H19Cl2NO2. The van der Waals surface area contributed by atoms with Crippen LogP contribution in [0.1, 0.15) is 36.5 Å². The van der Waals surface area contributed by atoms with Crippen molar-refractivity contribution in [2.24, 2.45) is 0 Å². The zero-order valence-electron chi connectivity index (χ0n) is 12.2. The van der Waals surface area contributed by atoms with Gasteiger partial charge in [0.2, 0.25) is 0 Å². The number of halogens is 2. The highest BCUT2D eigenvalue weighted by atomic mass is 35.5. The molecule has 1 aromatic carbocycles. The van der Waals surface area contributed by atoms with Gasteiger partial charge in [-0.05, 0) is 48.9 Å². The van der Waals surface area contributed by atoms with Crippen LogP contribution in [-0.4, -0.2) is 13.7 Å². The number of hydrogen-bond donors (Lipinski definition) is 1. The van der Waals surface area contributed by atoms with Gasteiger partial charge in [-0.3, -0.25) is 0 Å². The first-order chi connectivity index (χ1) is 10.1. The molecule has 5 heteroatoms. The van der Waals surface area contributed by atoms with Gasteiger partial charge in [0, 0.05) is 17.2 Å². The van der Waals surface area contributed by atoms with E-state index < -0.39 is 0 Å². The standard InChI is InChI=1S/C16H19Cl2NO2/c1-3-6-19-16(11-7-12(17)9-13(18)8-11)15-5-4-14(21-15)10-20-2/h4-5,7-9,16,19H,3,6,10H2,1-2H3. The Bertz CT molecular complexity index is 563. The summed E-state index contributed by atoms with van der Waals surface area (Å²) in [4.78, 5) is 0. The lowest BCUT2D eigenvalue weighted by molar-refractivity contribution is 0.162. The minimum atomic E-state index is -0.0771. The fourth-order valence-corrected chi connectivity index (χ4v) is 2.73. The molecule has 1 aromatic heterocycles. The highest BCUT2D eigenvalue weighted by Crippen LogP contribution is 2.29. The zero-order chi connectivity index (χ0) is 15.2. The van der Waals surface area contributed by atoms with Gasteiger partial charge < -0.3 is 14.5 Å². The highest BCUT2D eigenvalue weighted by molar-refractivity contribution is 6.34. The van der Waals surface area contributed by atoms with Gasteiger partial charge in [-0.1, -0.05) is 30.1 Å². The van der Waals surface area contributed by atoms with Crippen molar-refractivity contribution in [2.45, 2.75) is 26.0 Å². The van der Waals surface area contributed by atoms with Gasteiger partial charge in [0.25, 0.3) is 0 Å². The van der Waals surface area contributed by atoms with E-state index in [1.807, 2.05) is 24.3 Å². The van der Waals surface area contributed by atoms with E-state index in [1.165, 1.54) is 0 Å². The number of nitrogens with one attached hydrogen (secondary N) is 1. The van der Waals surface area contributed by atoms with Crippen LogP contribution in [0.2, 0.25) is 10.0 Å². The average Bonchev–Trinajstić information content (AvgIpc) is 2.87. The molecule has 2 rings (SSSR count). The van der Waals surface area contributed by atoms with Crippen LogP contribution in [0.25, 0.3) is 0 Å². The van der Waals surface area contributed by atoms with Gasteiger partial charge in [-0.25, -0.2) is 0 Å². The Labute approximate surface area is 135 Å². The molecule has 1 atom stereocenters. The lowest BCUT2D eigenvalue weighted by Crippen LogP contribution is -2.22. The molecule has 0 bridgehead atoms. The van der Waals surface area contributed by atoms with Crippen molar-refractivity contribution in [2.75, 3.05) is 13.7 Å². The quantitative estimate of drug-likeness (QED) is 0.791. The van der Waals surface area contributed by atoms with E-state index in [9.17, 15) is 0 Å². The first-order valence-electron chi connectivity index (χ1n) is 6.91. The highest BCUT2D eigenvalue weighted by Gasteiger charge is 2.18. The number of rotatable bonds is 7. The van der Waals surface area contributed by atoms with E-state index in [4.69, 9.17) is 32.4 Å². The minimum absolute atomic E-state index is 0.0771. The van der Waals surface area contributed by atoms with Gasteiger partial charge in [0.05, 0.1) is 6.04 Å². The first kappa shape index (κ1) is 16.4. The third-order valence-corrected chi connectivity index (χ3v) is 3.51. The zero-order valence-corrected chi connectivity index (χ0v) is 13.7. The monoisotopic (exact) mass is 327 g/mol. The summed E-state index contributed by atoms with van der Waals surface area (Å²) in [6.07, 6.45) is 1.02. The molecule has 3 nitrogen and oxygen atoms in total. The molecule has 114 valence electrons. The predicted octanol–water partition coefficient (Wildman–Crippen LogP) is 4.82. The van der Waals surface area contributed by atoms with Gasteiger partial charge in [0.1, 0.15) is 18.1 Å². The van der Waals surface area contributed by atoms with Crippen LogP contribution in [0.3, 0.4) is 0 Å². The second-order valence-corrected chi connectivity index (χ2v) is 5.70. The molecule has 0 radical (unpaired) electrons. The van der Waals surface area contributed by atoms with Gasteiger partial charge in [-0.15, -0.1) is 0 Å². The summed E-state index contributed by atoms with van der Waals surface area (Å²) >= 11 is 12.2. The molecule has 0 saturated heterocycles. The minimum Gasteiger partial charge on any atom is -0.462 e. The summed E-state index contributed by atoms with van der Waals surface area (Å²) in [5.41, 5.74) is 0.985. The van der Waals surface area contributed by atoms with Crippen molar-refractivity contribution in [1.29, 1.82) is 0 Å². The molecule has 21 heavy (non-hydrogen) atoms. The van der Waals surface area contributed by atoms with Crippen molar-refractivity contribution in [3.8, 4) is 0 Å². The normalized spacial score (nSPS) is 12.6. The summed E-state index contributed by atoms with van der Waals surface area (Å²) in [7, 11) is 1.64. The molecule has 1 unspecified atom stereocenters. The lowest BCUT2D eigenvalue weighted by atomic mass is 10.0. The Kier molecular flexibility index (Phi) is 6.12. The van der Waals surface area contributed by atoms with Gasteiger partial charge in [-0.2, -0.15) is 0 Å². The molecule has 0 saturated carbocycles. The van der Waals surface area contributed by atoms with Crippen molar-refractivity contribution in [3.63, 3.8) is 0 Å². The fourth-order valence-electron chi connectivity index (χ4n) is 2.18. The third-order valence-electron chi connectivity index (χ3n) is 3.07. The molecule has 1 N–H and O–H groups in total.